The van der Waals surface area contributed by atoms with E-state index in [2.05, 4.69) is 0 Å². The van der Waals surface area contributed by atoms with Gasteiger partial charge in [-0.05, 0) is 38.0 Å². The molecule has 0 amide bonds. The fourth-order valence-corrected chi connectivity index (χ4v) is 3.00. The molecule has 1 N–H and O–H groups in total. The van der Waals surface area contributed by atoms with E-state index in [9.17, 15) is 14.7 Å². The highest BCUT2D eigenvalue weighted by atomic mass is 16.5. The quantitative estimate of drug-likeness (QED) is 0.386. The number of hydrogen-bond donors (Lipinski definition) is 1. The molecular weight excluding hydrogens is 372 g/mol. The first-order valence-electron chi connectivity index (χ1n) is 9.08. The number of rotatable bonds is 5. The van der Waals surface area contributed by atoms with E-state index in [0.717, 1.165) is 5.57 Å². The highest BCUT2D eigenvalue weighted by Gasteiger charge is 2.20. The second-order valence-electron chi connectivity index (χ2n) is 6.86. The summed E-state index contributed by atoms with van der Waals surface area (Å²) in [6.45, 7) is 5.11. The van der Waals surface area contributed by atoms with Gasteiger partial charge in [0, 0.05) is 18.6 Å². The van der Waals surface area contributed by atoms with Gasteiger partial charge in [0.2, 0.25) is 5.43 Å². The molecule has 0 spiro atoms. The molecule has 150 valence electrons. The molecule has 1 heterocycles. The number of phenols is 1. The Labute approximate surface area is 168 Å². The van der Waals surface area contributed by atoms with Crippen LogP contribution in [0.2, 0.25) is 0 Å². The summed E-state index contributed by atoms with van der Waals surface area (Å²) in [7, 11) is 1.56. The van der Waals surface area contributed by atoms with Crippen molar-refractivity contribution in [1.29, 1.82) is 0 Å². The van der Waals surface area contributed by atoms with Crippen LogP contribution in [-0.2, 0) is 11.2 Å². The molecule has 0 radical (unpaired) electrons. The van der Waals surface area contributed by atoms with Crippen LogP contribution in [0.1, 0.15) is 26.3 Å². The van der Waals surface area contributed by atoms with Gasteiger partial charge in [0.05, 0.1) is 12.7 Å². The Kier molecular flexibility index (Phi) is 5.73. The average molecular weight is 394 g/mol. The second kappa shape index (κ2) is 8.22. The first-order valence-corrected chi connectivity index (χ1v) is 9.08. The van der Waals surface area contributed by atoms with Crippen molar-refractivity contribution in [2.75, 3.05) is 7.11 Å². The number of fused-ring (bicyclic) bond motifs is 1. The summed E-state index contributed by atoms with van der Waals surface area (Å²) >= 11 is 0. The van der Waals surface area contributed by atoms with Gasteiger partial charge >= 0.3 is 5.97 Å². The van der Waals surface area contributed by atoms with Crippen LogP contribution in [-0.4, -0.2) is 18.2 Å². The summed E-state index contributed by atoms with van der Waals surface area (Å²) in [6, 6.07) is 8.42. The molecule has 0 fully saturated rings. The SMILES string of the molecule is COc1ccc(-c2coc3cc(OC(C)=O)c(CC=C(C)C)c(O)c3c2=O)cc1. The first kappa shape index (κ1) is 20.2. The highest BCUT2D eigenvalue weighted by molar-refractivity contribution is 5.90. The van der Waals surface area contributed by atoms with E-state index in [1.54, 1.807) is 31.4 Å². The van der Waals surface area contributed by atoms with Gasteiger partial charge in [-0.1, -0.05) is 23.8 Å². The van der Waals surface area contributed by atoms with Crippen molar-refractivity contribution >= 4 is 16.9 Å². The Bertz CT molecular complexity index is 1150. The zero-order valence-corrected chi connectivity index (χ0v) is 16.7. The molecule has 2 aromatic carbocycles. The van der Waals surface area contributed by atoms with Gasteiger partial charge in [0.25, 0.3) is 0 Å². The number of aromatic hydroxyl groups is 1. The third kappa shape index (κ3) is 4.16. The largest absolute Gasteiger partial charge is 0.507 e. The van der Waals surface area contributed by atoms with Crippen molar-refractivity contribution < 1.29 is 23.8 Å². The van der Waals surface area contributed by atoms with Crippen LogP contribution in [0.5, 0.6) is 17.2 Å². The molecule has 0 aliphatic rings. The Balaban J connectivity index is 2.24. The lowest BCUT2D eigenvalue weighted by molar-refractivity contribution is -0.131. The van der Waals surface area contributed by atoms with E-state index in [0.29, 0.717) is 28.9 Å². The lowest BCUT2D eigenvalue weighted by Gasteiger charge is -2.13. The van der Waals surface area contributed by atoms with Crippen LogP contribution < -0.4 is 14.9 Å². The van der Waals surface area contributed by atoms with Crippen molar-refractivity contribution in [3.63, 3.8) is 0 Å². The standard InChI is InChI=1S/C23H22O6/c1-13(2)5-10-17-19(29-14(3)24)11-20-21(22(17)25)23(26)18(12-28-20)15-6-8-16(27-4)9-7-15/h5-9,11-12,25H,10H2,1-4H3. The number of carbonyl (C=O) groups excluding carboxylic acids is 1. The molecule has 6 heteroatoms. The van der Waals surface area contributed by atoms with E-state index in [1.807, 2.05) is 19.9 Å². The molecule has 0 unspecified atom stereocenters. The second-order valence-corrected chi connectivity index (χ2v) is 6.86. The van der Waals surface area contributed by atoms with E-state index < -0.39 is 5.97 Å². The lowest BCUT2D eigenvalue weighted by atomic mass is 10.0. The fourth-order valence-electron chi connectivity index (χ4n) is 3.00. The van der Waals surface area contributed by atoms with Crippen molar-refractivity contribution in [1.82, 2.24) is 0 Å². The third-order valence-corrected chi connectivity index (χ3v) is 4.47. The van der Waals surface area contributed by atoms with E-state index in [-0.39, 0.29) is 27.9 Å². The normalized spacial score (nSPS) is 10.6. The molecule has 3 aromatic rings. The molecule has 1 aromatic heterocycles. The van der Waals surface area contributed by atoms with E-state index in [1.165, 1.54) is 19.3 Å². The van der Waals surface area contributed by atoms with Crippen molar-refractivity contribution in [3.8, 4) is 28.4 Å². The predicted molar refractivity (Wildman–Crippen MR) is 111 cm³/mol. The Morgan fingerprint density at radius 3 is 2.45 bits per heavy atom. The van der Waals surface area contributed by atoms with Gasteiger partial charge in [0.1, 0.15) is 34.5 Å². The summed E-state index contributed by atoms with van der Waals surface area (Å²) in [4.78, 5) is 24.6. The minimum absolute atomic E-state index is 0.0476. The maximum absolute atomic E-state index is 13.2. The van der Waals surface area contributed by atoms with Crippen LogP contribution in [0.3, 0.4) is 0 Å². The van der Waals surface area contributed by atoms with Gasteiger partial charge in [-0.15, -0.1) is 0 Å². The van der Waals surface area contributed by atoms with Crippen molar-refractivity contribution in [3.05, 3.63) is 64.0 Å². The van der Waals surface area contributed by atoms with E-state index in [4.69, 9.17) is 13.9 Å². The molecule has 0 aliphatic carbocycles. The zero-order valence-electron chi connectivity index (χ0n) is 16.7. The molecule has 0 atom stereocenters. The number of phenolic OH excluding ortho intramolecular Hbond substituents is 1. The number of carbonyl (C=O) groups is 1. The number of esters is 1. The van der Waals surface area contributed by atoms with E-state index >= 15 is 0 Å². The maximum atomic E-state index is 13.2. The summed E-state index contributed by atoms with van der Waals surface area (Å²) < 4.78 is 16.0. The first-order chi connectivity index (χ1) is 13.8. The summed E-state index contributed by atoms with van der Waals surface area (Å²) in [5, 5.41) is 10.9. The monoisotopic (exact) mass is 394 g/mol. The van der Waals surface area contributed by atoms with Gasteiger partial charge in [0.15, 0.2) is 0 Å². The number of allylic oxidation sites excluding steroid dienone is 2. The van der Waals surface area contributed by atoms with Crippen LogP contribution in [0, 0.1) is 0 Å². The Hall–Kier alpha value is -3.54. The van der Waals surface area contributed by atoms with Crippen LogP contribution in [0.15, 0.2) is 57.5 Å². The molecular formula is C23H22O6. The van der Waals surface area contributed by atoms with Crippen LogP contribution in [0.4, 0.5) is 0 Å². The smallest absolute Gasteiger partial charge is 0.308 e. The Morgan fingerprint density at radius 1 is 1.17 bits per heavy atom. The topological polar surface area (TPSA) is 86.0 Å². The number of benzene rings is 2. The molecule has 0 aliphatic heterocycles. The minimum Gasteiger partial charge on any atom is -0.507 e. The highest BCUT2D eigenvalue weighted by Crippen LogP contribution is 2.36. The molecule has 0 saturated carbocycles. The van der Waals surface area contributed by atoms with Crippen LogP contribution in [0.25, 0.3) is 22.1 Å². The van der Waals surface area contributed by atoms with Crippen LogP contribution >= 0.6 is 0 Å². The van der Waals surface area contributed by atoms with Gasteiger partial charge < -0.3 is 19.0 Å². The minimum atomic E-state index is -0.528. The number of methoxy groups -OCH3 is 1. The molecule has 0 saturated heterocycles. The lowest BCUT2D eigenvalue weighted by Crippen LogP contribution is -2.09. The maximum Gasteiger partial charge on any atom is 0.308 e. The van der Waals surface area contributed by atoms with Crippen molar-refractivity contribution in [2.45, 2.75) is 27.2 Å². The predicted octanol–water partition coefficient (Wildman–Crippen LogP) is 4.61. The number of ether oxygens (including phenoxy) is 2. The van der Waals surface area contributed by atoms with Crippen molar-refractivity contribution in [2.24, 2.45) is 0 Å². The Morgan fingerprint density at radius 2 is 1.86 bits per heavy atom. The molecule has 29 heavy (non-hydrogen) atoms. The van der Waals surface area contributed by atoms with Gasteiger partial charge in [-0.3, -0.25) is 9.59 Å². The zero-order chi connectivity index (χ0) is 21.1. The van der Waals surface area contributed by atoms with Gasteiger partial charge in [-0.2, -0.15) is 0 Å². The molecule has 6 nitrogen and oxygen atoms in total. The number of hydrogen-bond acceptors (Lipinski definition) is 6. The molecule has 0 bridgehead atoms. The summed E-state index contributed by atoms with van der Waals surface area (Å²) in [6.07, 6.45) is 3.51. The average Bonchev–Trinajstić information content (AvgIpc) is 2.67. The van der Waals surface area contributed by atoms with Gasteiger partial charge in [-0.25, -0.2) is 0 Å². The summed E-state index contributed by atoms with van der Waals surface area (Å²) in [5.41, 5.74) is 2.09. The third-order valence-electron chi connectivity index (χ3n) is 4.47. The molecule has 3 rings (SSSR count). The fraction of sp³-hybridized carbons (Fsp3) is 0.217. The summed E-state index contributed by atoms with van der Waals surface area (Å²) in [5.74, 6) is 0.0527.